The highest BCUT2D eigenvalue weighted by Gasteiger charge is 2.19. The molecule has 144 valence electrons. The van der Waals surface area contributed by atoms with E-state index in [4.69, 9.17) is 9.15 Å². The summed E-state index contributed by atoms with van der Waals surface area (Å²) in [6, 6.07) is 13.9. The van der Waals surface area contributed by atoms with Crippen molar-refractivity contribution in [2.75, 3.05) is 7.11 Å². The summed E-state index contributed by atoms with van der Waals surface area (Å²) in [6.45, 7) is 3.42. The van der Waals surface area contributed by atoms with Crippen molar-refractivity contribution in [2.45, 2.75) is 26.4 Å². The Balaban J connectivity index is 1.88. The summed E-state index contributed by atoms with van der Waals surface area (Å²) in [6.07, 6.45) is -0.854. The Labute approximate surface area is 161 Å². The zero-order chi connectivity index (χ0) is 20.3. The van der Waals surface area contributed by atoms with Gasteiger partial charge < -0.3 is 13.9 Å². The van der Waals surface area contributed by atoms with Crippen LogP contribution < -0.4 is 10.4 Å². The Hall–Kier alpha value is -3.41. The van der Waals surface area contributed by atoms with Crippen LogP contribution in [0.2, 0.25) is 0 Å². The molecule has 3 rings (SSSR count). The van der Waals surface area contributed by atoms with Crippen LogP contribution in [0.5, 0.6) is 5.75 Å². The first-order chi connectivity index (χ1) is 13.4. The molecule has 1 heterocycles. The molecule has 3 aromatic rings. The fourth-order valence-corrected chi connectivity index (χ4v) is 2.96. The molecule has 0 bridgehead atoms. The van der Waals surface area contributed by atoms with Crippen LogP contribution in [0, 0.1) is 6.92 Å². The average molecular weight is 380 g/mol. The van der Waals surface area contributed by atoms with Crippen LogP contribution in [0.4, 0.5) is 0 Å². The standard InChI is InChI=1S/C22H20O6/c1-13-17-10-9-16(27-14(2)21(24)15-7-5-4-6-8-15)11-19(17)28-22(25)18(13)12-20(23)26-3/h4-11,14H,12H2,1-3H3. The van der Waals surface area contributed by atoms with Gasteiger partial charge in [0.05, 0.1) is 19.1 Å². The first-order valence-electron chi connectivity index (χ1n) is 8.79. The van der Waals surface area contributed by atoms with E-state index in [2.05, 4.69) is 4.74 Å². The topological polar surface area (TPSA) is 82.8 Å². The Morgan fingerprint density at radius 1 is 1.11 bits per heavy atom. The van der Waals surface area contributed by atoms with Crippen molar-refractivity contribution < 1.29 is 23.5 Å². The third-order valence-corrected chi connectivity index (χ3v) is 4.55. The zero-order valence-corrected chi connectivity index (χ0v) is 15.9. The monoisotopic (exact) mass is 380 g/mol. The number of fused-ring (bicyclic) bond motifs is 1. The highest BCUT2D eigenvalue weighted by molar-refractivity contribution is 5.99. The molecule has 0 aliphatic heterocycles. The lowest BCUT2D eigenvalue weighted by atomic mass is 10.0. The second-order valence-corrected chi connectivity index (χ2v) is 6.39. The second kappa shape index (κ2) is 8.08. The van der Waals surface area contributed by atoms with Crippen LogP contribution in [0.1, 0.15) is 28.4 Å². The van der Waals surface area contributed by atoms with Gasteiger partial charge in [-0.15, -0.1) is 0 Å². The molecule has 28 heavy (non-hydrogen) atoms. The lowest BCUT2D eigenvalue weighted by molar-refractivity contribution is -0.139. The van der Waals surface area contributed by atoms with Gasteiger partial charge in [0.2, 0.25) is 5.78 Å². The summed E-state index contributed by atoms with van der Waals surface area (Å²) < 4.78 is 15.7. The molecule has 6 heteroatoms. The Morgan fingerprint density at radius 3 is 2.50 bits per heavy atom. The summed E-state index contributed by atoms with van der Waals surface area (Å²) in [5, 5.41) is 0.688. The molecule has 6 nitrogen and oxygen atoms in total. The maximum Gasteiger partial charge on any atom is 0.340 e. The van der Waals surface area contributed by atoms with E-state index >= 15 is 0 Å². The maximum absolute atomic E-state index is 12.5. The van der Waals surface area contributed by atoms with Gasteiger partial charge in [-0.3, -0.25) is 9.59 Å². The number of Topliss-reactive ketones (excluding diaryl/α,β-unsaturated/α-hetero) is 1. The van der Waals surface area contributed by atoms with Crippen molar-refractivity contribution >= 4 is 22.7 Å². The highest BCUT2D eigenvalue weighted by Crippen LogP contribution is 2.25. The van der Waals surface area contributed by atoms with E-state index in [1.165, 1.54) is 7.11 Å². The minimum atomic E-state index is -0.703. The quantitative estimate of drug-likeness (QED) is 0.370. The summed E-state index contributed by atoms with van der Waals surface area (Å²) in [5.41, 5.74) is 1.21. The van der Waals surface area contributed by atoms with E-state index in [-0.39, 0.29) is 17.8 Å². The number of ether oxygens (including phenoxy) is 2. The number of methoxy groups -OCH3 is 1. The number of ketones is 1. The van der Waals surface area contributed by atoms with Crippen molar-refractivity contribution in [3.05, 3.63) is 75.6 Å². The average Bonchev–Trinajstić information content (AvgIpc) is 2.70. The van der Waals surface area contributed by atoms with E-state index < -0.39 is 17.7 Å². The number of rotatable bonds is 6. The van der Waals surface area contributed by atoms with Crippen molar-refractivity contribution in [1.82, 2.24) is 0 Å². The normalized spacial score (nSPS) is 11.8. The van der Waals surface area contributed by atoms with Crippen LogP contribution in [-0.2, 0) is 16.0 Å². The third kappa shape index (κ3) is 3.96. The fraction of sp³-hybridized carbons (Fsp3) is 0.227. The first-order valence-corrected chi connectivity index (χ1v) is 8.79. The fourth-order valence-electron chi connectivity index (χ4n) is 2.96. The number of hydrogen-bond donors (Lipinski definition) is 0. The summed E-state index contributed by atoms with van der Waals surface area (Å²) in [7, 11) is 1.27. The van der Waals surface area contributed by atoms with E-state index in [0.29, 0.717) is 27.8 Å². The molecule has 0 saturated heterocycles. The molecule has 1 atom stereocenters. The smallest absolute Gasteiger partial charge is 0.340 e. The van der Waals surface area contributed by atoms with Crippen molar-refractivity contribution in [2.24, 2.45) is 0 Å². The highest BCUT2D eigenvalue weighted by atomic mass is 16.5. The van der Waals surface area contributed by atoms with Crippen molar-refractivity contribution in [1.29, 1.82) is 0 Å². The van der Waals surface area contributed by atoms with Crippen molar-refractivity contribution in [3.63, 3.8) is 0 Å². The molecule has 0 aliphatic rings. The molecule has 2 aromatic carbocycles. The van der Waals surface area contributed by atoms with Gasteiger partial charge in [0.1, 0.15) is 11.3 Å². The largest absolute Gasteiger partial charge is 0.482 e. The number of aryl methyl sites for hydroxylation is 1. The lowest BCUT2D eigenvalue weighted by Gasteiger charge is -2.14. The molecule has 1 unspecified atom stereocenters. The predicted octanol–water partition coefficient (Wildman–Crippen LogP) is 3.47. The maximum atomic E-state index is 12.5. The van der Waals surface area contributed by atoms with Crippen molar-refractivity contribution in [3.8, 4) is 5.75 Å². The van der Waals surface area contributed by atoms with Gasteiger partial charge in [0.25, 0.3) is 0 Å². The Kier molecular flexibility index (Phi) is 5.59. The number of carbonyl (C=O) groups is 2. The first kappa shape index (κ1) is 19.4. The molecule has 1 aromatic heterocycles. The van der Waals surface area contributed by atoms with E-state index in [1.54, 1.807) is 56.3 Å². The number of esters is 1. The van der Waals surface area contributed by atoms with Gasteiger partial charge in [-0.1, -0.05) is 30.3 Å². The number of benzene rings is 2. The van der Waals surface area contributed by atoms with Gasteiger partial charge in [-0.05, 0) is 31.5 Å². The minimum absolute atomic E-state index is 0.147. The summed E-state index contributed by atoms with van der Waals surface area (Å²) in [4.78, 5) is 36.2. The van der Waals surface area contributed by atoms with Crippen LogP contribution in [0.25, 0.3) is 11.0 Å². The Morgan fingerprint density at radius 2 is 1.82 bits per heavy atom. The molecule has 0 fully saturated rings. The molecular formula is C22H20O6. The zero-order valence-electron chi connectivity index (χ0n) is 15.9. The molecule has 0 spiro atoms. The minimum Gasteiger partial charge on any atom is -0.482 e. The van der Waals surface area contributed by atoms with E-state index in [9.17, 15) is 14.4 Å². The van der Waals surface area contributed by atoms with E-state index in [1.807, 2.05) is 6.07 Å². The predicted molar refractivity (Wildman–Crippen MR) is 104 cm³/mol. The van der Waals surface area contributed by atoms with Crippen LogP contribution >= 0.6 is 0 Å². The number of hydrogen-bond acceptors (Lipinski definition) is 6. The second-order valence-electron chi connectivity index (χ2n) is 6.39. The number of carbonyl (C=O) groups excluding carboxylic acids is 2. The van der Waals surface area contributed by atoms with Gasteiger partial charge >= 0.3 is 11.6 Å². The molecule has 0 N–H and O–H groups in total. The van der Waals surface area contributed by atoms with Gasteiger partial charge in [-0.2, -0.15) is 0 Å². The molecule has 0 saturated carbocycles. The van der Waals surface area contributed by atoms with Gasteiger partial charge in [0.15, 0.2) is 6.10 Å². The molecule has 0 aliphatic carbocycles. The molecule has 0 amide bonds. The third-order valence-electron chi connectivity index (χ3n) is 4.55. The molecular weight excluding hydrogens is 360 g/mol. The molecule has 0 radical (unpaired) electrons. The summed E-state index contributed by atoms with van der Waals surface area (Å²) >= 11 is 0. The van der Waals surface area contributed by atoms with Crippen LogP contribution in [-0.4, -0.2) is 25.0 Å². The summed E-state index contributed by atoms with van der Waals surface area (Å²) in [5.74, 6) is -0.248. The lowest BCUT2D eigenvalue weighted by Crippen LogP contribution is -2.23. The van der Waals surface area contributed by atoms with Crippen LogP contribution in [0.15, 0.2) is 57.7 Å². The van der Waals surface area contributed by atoms with E-state index in [0.717, 1.165) is 0 Å². The van der Waals surface area contributed by atoms with Crippen LogP contribution in [0.3, 0.4) is 0 Å². The van der Waals surface area contributed by atoms with Gasteiger partial charge in [-0.25, -0.2) is 4.79 Å². The Bertz CT molecular complexity index is 1080. The SMILES string of the molecule is COC(=O)Cc1c(C)c2ccc(OC(C)C(=O)c3ccccc3)cc2oc1=O. The van der Waals surface area contributed by atoms with Gasteiger partial charge in [0, 0.05) is 17.0 Å².